The van der Waals surface area contributed by atoms with Crippen LogP contribution in [0.5, 0.6) is 5.75 Å². The van der Waals surface area contributed by atoms with Gasteiger partial charge in [-0.3, -0.25) is 0 Å². The van der Waals surface area contributed by atoms with Gasteiger partial charge in [-0.15, -0.1) is 0 Å². The summed E-state index contributed by atoms with van der Waals surface area (Å²) in [5.74, 6) is 0.307. The second-order valence-corrected chi connectivity index (χ2v) is 1.81. The summed E-state index contributed by atoms with van der Waals surface area (Å²) in [4.78, 5) is 0. The van der Waals surface area contributed by atoms with E-state index in [4.69, 9.17) is 9.84 Å². The van der Waals surface area contributed by atoms with Crippen LogP contribution in [0, 0.1) is 0 Å². The van der Waals surface area contributed by atoms with Crippen LogP contribution in [0.2, 0.25) is 0 Å². The molecule has 0 radical (unpaired) electrons. The van der Waals surface area contributed by atoms with Crippen molar-refractivity contribution in [3.63, 3.8) is 0 Å². The van der Waals surface area contributed by atoms with Gasteiger partial charge in [-0.2, -0.15) is 0 Å². The van der Waals surface area contributed by atoms with Gasteiger partial charge >= 0.3 is 0 Å². The molecule has 0 fully saturated rings. The van der Waals surface area contributed by atoms with Crippen LogP contribution in [-0.4, -0.2) is 5.11 Å². The lowest BCUT2D eigenvalue weighted by Gasteiger charge is -1.99. The average Bonchev–Trinajstić information content (AvgIpc) is 1.88. The first kappa shape index (κ1) is 6.68. The molecule has 0 atom stereocenters. The predicted octanol–water partition coefficient (Wildman–Crippen LogP) is 2.09. The zero-order chi connectivity index (χ0) is 7.40. The quantitative estimate of drug-likeness (QED) is 0.631. The molecule has 1 aromatic rings. The molecule has 0 aliphatic heterocycles. The van der Waals surface area contributed by atoms with E-state index in [-0.39, 0.29) is 5.95 Å². The van der Waals surface area contributed by atoms with Gasteiger partial charge in [-0.25, -0.2) is 0 Å². The van der Waals surface area contributed by atoms with E-state index < -0.39 is 0 Å². The fraction of sp³-hybridized carbons (Fsp3) is 0. The van der Waals surface area contributed by atoms with Crippen LogP contribution in [0.4, 0.5) is 0 Å². The first-order chi connectivity index (χ1) is 4.79. The molecular weight excluding hydrogens is 128 g/mol. The highest BCUT2D eigenvalue weighted by atomic mass is 16.6. The number of ether oxygens (including phenoxy) is 1. The monoisotopic (exact) mass is 136 g/mol. The highest BCUT2D eigenvalue weighted by Gasteiger charge is 1.90. The summed E-state index contributed by atoms with van der Waals surface area (Å²) in [6.07, 6.45) is 0. The number of para-hydroxylation sites is 1. The van der Waals surface area contributed by atoms with Crippen LogP contribution >= 0.6 is 0 Å². The summed E-state index contributed by atoms with van der Waals surface area (Å²) in [7, 11) is 0. The minimum Gasteiger partial charge on any atom is -0.481 e. The molecule has 0 spiro atoms. The molecule has 0 saturated heterocycles. The van der Waals surface area contributed by atoms with Gasteiger partial charge in [0.25, 0.3) is 5.95 Å². The molecule has 1 rings (SSSR count). The predicted molar refractivity (Wildman–Crippen MR) is 38.8 cm³/mol. The van der Waals surface area contributed by atoms with Crippen molar-refractivity contribution >= 4 is 0 Å². The van der Waals surface area contributed by atoms with Gasteiger partial charge in [0.15, 0.2) is 0 Å². The Kier molecular flexibility index (Phi) is 1.95. The molecule has 0 amide bonds. The molecule has 0 aliphatic rings. The topological polar surface area (TPSA) is 29.5 Å². The van der Waals surface area contributed by atoms with Crippen LogP contribution in [0.1, 0.15) is 0 Å². The van der Waals surface area contributed by atoms with Crippen molar-refractivity contribution in [2.24, 2.45) is 0 Å². The maximum Gasteiger partial charge on any atom is 0.274 e. The van der Waals surface area contributed by atoms with Gasteiger partial charge in [0.05, 0.1) is 0 Å². The molecule has 2 heteroatoms. The zero-order valence-corrected chi connectivity index (χ0v) is 5.45. The van der Waals surface area contributed by atoms with E-state index in [1.807, 2.05) is 18.2 Å². The molecule has 0 aromatic heterocycles. The molecule has 0 unspecified atom stereocenters. The molecule has 1 N–H and O–H groups in total. The second kappa shape index (κ2) is 2.92. The second-order valence-electron chi connectivity index (χ2n) is 1.81. The molecule has 0 bridgehead atoms. The van der Waals surface area contributed by atoms with Gasteiger partial charge in [0.2, 0.25) is 0 Å². The maximum absolute atomic E-state index is 8.59. The van der Waals surface area contributed by atoms with E-state index in [1.165, 1.54) is 0 Å². The summed E-state index contributed by atoms with van der Waals surface area (Å²) >= 11 is 0. The van der Waals surface area contributed by atoms with E-state index in [9.17, 15) is 0 Å². The Morgan fingerprint density at radius 1 is 1.30 bits per heavy atom. The highest BCUT2D eigenvalue weighted by Crippen LogP contribution is 2.09. The van der Waals surface area contributed by atoms with Crippen molar-refractivity contribution in [3.05, 3.63) is 42.9 Å². The first-order valence-corrected chi connectivity index (χ1v) is 2.90. The summed E-state index contributed by atoms with van der Waals surface area (Å²) in [5.41, 5.74) is 0. The van der Waals surface area contributed by atoms with E-state index in [0.29, 0.717) is 5.75 Å². The van der Waals surface area contributed by atoms with Crippen LogP contribution in [0.3, 0.4) is 0 Å². The molecular formula is C8H8O2. The number of rotatable bonds is 2. The summed E-state index contributed by atoms with van der Waals surface area (Å²) in [5, 5.41) is 8.59. The smallest absolute Gasteiger partial charge is 0.274 e. The number of aliphatic hydroxyl groups is 1. The van der Waals surface area contributed by atoms with Gasteiger partial charge in [-0.1, -0.05) is 18.2 Å². The minimum atomic E-state index is -0.286. The van der Waals surface area contributed by atoms with Crippen molar-refractivity contribution in [1.29, 1.82) is 0 Å². The molecule has 2 nitrogen and oxygen atoms in total. The van der Waals surface area contributed by atoms with E-state index >= 15 is 0 Å². The Bertz CT molecular complexity index is 216. The standard InChI is InChI=1S/C8H8O2/c1-7(9)10-8-5-3-2-4-6-8/h2-6,9H,1H2. The fourth-order valence-corrected chi connectivity index (χ4v) is 0.625. The third-order valence-corrected chi connectivity index (χ3v) is 0.979. The first-order valence-electron chi connectivity index (χ1n) is 2.90. The Labute approximate surface area is 59.4 Å². The van der Waals surface area contributed by atoms with E-state index in [2.05, 4.69) is 6.58 Å². The van der Waals surface area contributed by atoms with Gasteiger partial charge in [0, 0.05) is 0 Å². The van der Waals surface area contributed by atoms with Crippen LogP contribution in [-0.2, 0) is 0 Å². The lowest BCUT2D eigenvalue weighted by atomic mass is 10.3. The molecule has 0 aliphatic carbocycles. The molecule has 1 aromatic carbocycles. The van der Waals surface area contributed by atoms with Crippen molar-refractivity contribution < 1.29 is 9.84 Å². The van der Waals surface area contributed by atoms with Crippen molar-refractivity contribution in [3.8, 4) is 5.75 Å². The largest absolute Gasteiger partial charge is 0.481 e. The summed E-state index contributed by atoms with van der Waals surface area (Å²) < 4.78 is 4.78. The average molecular weight is 136 g/mol. The summed E-state index contributed by atoms with van der Waals surface area (Å²) in [6, 6.07) is 8.98. The molecule has 0 saturated carbocycles. The van der Waals surface area contributed by atoms with Crippen molar-refractivity contribution in [2.45, 2.75) is 0 Å². The highest BCUT2D eigenvalue weighted by molar-refractivity contribution is 5.22. The fourth-order valence-electron chi connectivity index (χ4n) is 0.625. The number of aliphatic hydroxyl groups excluding tert-OH is 1. The Morgan fingerprint density at radius 2 is 1.90 bits per heavy atom. The van der Waals surface area contributed by atoms with E-state index in [1.54, 1.807) is 12.1 Å². The number of benzene rings is 1. The minimum absolute atomic E-state index is 0.286. The Balaban J connectivity index is 2.67. The van der Waals surface area contributed by atoms with Crippen LogP contribution in [0.25, 0.3) is 0 Å². The van der Waals surface area contributed by atoms with E-state index in [0.717, 1.165) is 0 Å². The molecule has 52 valence electrons. The van der Waals surface area contributed by atoms with Crippen LogP contribution in [0.15, 0.2) is 42.9 Å². The molecule has 0 heterocycles. The third-order valence-electron chi connectivity index (χ3n) is 0.979. The third kappa shape index (κ3) is 1.82. The lowest BCUT2D eigenvalue weighted by molar-refractivity contribution is 0.211. The normalized spacial score (nSPS) is 8.80. The van der Waals surface area contributed by atoms with Gasteiger partial charge in [0.1, 0.15) is 5.75 Å². The molecule has 10 heavy (non-hydrogen) atoms. The van der Waals surface area contributed by atoms with Crippen molar-refractivity contribution in [1.82, 2.24) is 0 Å². The maximum atomic E-state index is 8.59. The zero-order valence-electron chi connectivity index (χ0n) is 5.45. The number of hydrogen-bond donors (Lipinski definition) is 1. The van der Waals surface area contributed by atoms with Crippen LogP contribution < -0.4 is 4.74 Å². The lowest BCUT2D eigenvalue weighted by Crippen LogP contribution is -1.89. The van der Waals surface area contributed by atoms with Crippen molar-refractivity contribution in [2.75, 3.05) is 0 Å². The summed E-state index contributed by atoms with van der Waals surface area (Å²) in [6.45, 7) is 3.18. The Hall–Kier alpha value is -1.44. The van der Waals surface area contributed by atoms with Gasteiger partial charge < -0.3 is 9.84 Å². The van der Waals surface area contributed by atoms with Gasteiger partial charge in [-0.05, 0) is 18.7 Å². The SMILES string of the molecule is C=C(O)Oc1ccccc1. The Morgan fingerprint density at radius 3 is 2.40 bits per heavy atom. The number of hydrogen-bond acceptors (Lipinski definition) is 2.